The fourth-order valence-electron chi connectivity index (χ4n) is 7.44. The fourth-order valence-corrected chi connectivity index (χ4v) is 8.66. The molecule has 262 valence electrons. The maximum absolute atomic E-state index is 6.35. The van der Waals surface area contributed by atoms with Crippen molar-refractivity contribution in [1.82, 2.24) is 24.9 Å². The number of para-hydroxylation sites is 1. The molecule has 0 fully saturated rings. The SMILES string of the molecule is c1ccc(-c2nc(-c3ccccc3)nc(-c3ccc4sc5c(-c6cccc(-c7nc(-c8ccccc8)c8oc9ccccc9c8n7)c6)cccc5c4c3)n2)cc1. The van der Waals surface area contributed by atoms with Gasteiger partial charge in [0.2, 0.25) is 0 Å². The summed E-state index contributed by atoms with van der Waals surface area (Å²) in [7, 11) is 0. The number of benzene rings is 7. The van der Waals surface area contributed by atoms with Crippen LogP contribution in [0.5, 0.6) is 0 Å². The third-order valence-corrected chi connectivity index (χ3v) is 11.4. The summed E-state index contributed by atoms with van der Waals surface area (Å²) in [6, 6.07) is 60.0. The smallest absolute Gasteiger partial charge is 0.180 e. The molecule has 0 saturated carbocycles. The molecule has 0 amide bonds. The topological polar surface area (TPSA) is 77.6 Å². The Morgan fingerprint density at radius 3 is 1.66 bits per heavy atom. The first-order chi connectivity index (χ1) is 27.7. The van der Waals surface area contributed by atoms with Gasteiger partial charge in [0.25, 0.3) is 0 Å². The zero-order valence-corrected chi connectivity index (χ0v) is 30.6. The predicted octanol–water partition coefficient (Wildman–Crippen LogP) is 12.9. The normalized spacial score (nSPS) is 11.6. The van der Waals surface area contributed by atoms with Crippen LogP contribution in [-0.2, 0) is 0 Å². The van der Waals surface area contributed by atoms with Gasteiger partial charge < -0.3 is 4.42 Å². The van der Waals surface area contributed by atoms with Crippen molar-refractivity contribution in [1.29, 1.82) is 0 Å². The Morgan fingerprint density at radius 2 is 0.929 bits per heavy atom. The maximum atomic E-state index is 6.35. The molecular formula is C49H29N5OS. The van der Waals surface area contributed by atoms with Gasteiger partial charge in [0.15, 0.2) is 28.9 Å². The number of aromatic nitrogens is 5. The largest absolute Gasteiger partial charge is 0.452 e. The highest BCUT2D eigenvalue weighted by molar-refractivity contribution is 7.26. The highest BCUT2D eigenvalue weighted by Gasteiger charge is 2.19. The molecule has 0 N–H and O–H groups in total. The van der Waals surface area contributed by atoms with E-state index in [0.717, 1.165) is 66.5 Å². The minimum atomic E-state index is 0.639. The van der Waals surface area contributed by atoms with Crippen LogP contribution in [0.2, 0.25) is 0 Å². The van der Waals surface area contributed by atoms with Crippen LogP contribution in [-0.4, -0.2) is 24.9 Å². The van der Waals surface area contributed by atoms with Crippen molar-refractivity contribution in [2.45, 2.75) is 0 Å². The van der Waals surface area contributed by atoms with Crippen LogP contribution >= 0.6 is 11.3 Å². The predicted molar refractivity (Wildman–Crippen MR) is 228 cm³/mol. The average molecular weight is 736 g/mol. The van der Waals surface area contributed by atoms with E-state index in [2.05, 4.69) is 78.9 Å². The van der Waals surface area contributed by atoms with Crippen molar-refractivity contribution in [2.75, 3.05) is 0 Å². The van der Waals surface area contributed by atoms with Crippen LogP contribution in [0.4, 0.5) is 0 Å². The summed E-state index contributed by atoms with van der Waals surface area (Å²) in [5.74, 6) is 2.58. The standard InChI is InChI=1S/C49H29N5OS/c1-4-14-30(15-5-1)42-44-43(38-22-10-11-25-40(38)55-44)51-48(50-42)34-21-12-20-33(28-34)36-23-13-24-37-39-29-35(26-27-41(39)56-45(36)37)49-53-46(31-16-6-2-7-17-31)52-47(54-49)32-18-8-3-9-19-32/h1-29H. The minimum absolute atomic E-state index is 0.639. The number of nitrogens with zero attached hydrogens (tertiary/aromatic N) is 5. The average Bonchev–Trinajstić information content (AvgIpc) is 3.85. The van der Waals surface area contributed by atoms with E-state index < -0.39 is 0 Å². The quantitative estimate of drug-likeness (QED) is 0.169. The molecule has 0 atom stereocenters. The third-order valence-electron chi connectivity index (χ3n) is 10.2. The number of fused-ring (bicyclic) bond motifs is 6. The number of hydrogen-bond donors (Lipinski definition) is 0. The molecule has 11 rings (SSSR count). The zero-order valence-electron chi connectivity index (χ0n) is 29.8. The summed E-state index contributed by atoms with van der Waals surface area (Å²) in [5.41, 5.74) is 10.1. The summed E-state index contributed by atoms with van der Waals surface area (Å²) < 4.78 is 8.76. The molecule has 0 radical (unpaired) electrons. The van der Waals surface area contributed by atoms with E-state index in [1.54, 1.807) is 11.3 Å². The van der Waals surface area contributed by atoms with Gasteiger partial charge in [-0.15, -0.1) is 11.3 Å². The van der Waals surface area contributed by atoms with E-state index in [1.807, 2.05) is 97.1 Å². The summed E-state index contributed by atoms with van der Waals surface area (Å²) >= 11 is 1.80. The Morgan fingerprint density at radius 1 is 0.375 bits per heavy atom. The number of rotatable bonds is 6. The maximum Gasteiger partial charge on any atom is 0.180 e. The highest BCUT2D eigenvalue weighted by atomic mass is 32.1. The molecule has 4 aromatic heterocycles. The van der Waals surface area contributed by atoms with Gasteiger partial charge in [-0.3, -0.25) is 0 Å². The van der Waals surface area contributed by atoms with Gasteiger partial charge in [-0.05, 0) is 47.5 Å². The molecule has 0 unspecified atom stereocenters. The van der Waals surface area contributed by atoms with E-state index >= 15 is 0 Å². The van der Waals surface area contributed by atoms with Gasteiger partial charge in [0.05, 0.1) is 0 Å². The van der Waals surface area contributed by atoms with Crippen LogP contribution in [0.1, 0.15) is 0 Å². The fraction of sp³-hybridized carbons (Fsp3) is 0. The molecule has 11 aromatic rings. The molecular weight excluding hydrogens is 707 g/mol. The second kappa shape index (κ2) is 13.2. The van der Waals surface area contributed by atoms with Crippen LogP contribution in [0, 0.1) is 0 Å². The molecule has 0 aliphatic carbocycles. The molecule has 6 nitrogen and oxygen atoms in total. The summed E-state index contributed by atoms with van der Waals surface area (Å²) in [6.07, 6.45) is 0. The lowest BCUT2D eigenvalue weighted by Crippen LogP contribution is -2.00. The lowest BCUT2D eigenvalue weighted by Gasteiger charge is -2.09. The Balaban J connectivity index is 1.03. The molecule has 0 aliphatic heterocycles. The minimum Gasteiger partial charge on any atom is -0.452 e. The Labute approximate surface area is 325 Å². The summed E-state index contributed by atoms with van der Waals surface area (Å²) in [4.78, 5) is 25.1. The number of thiophene rings is 1. The number of hydrogen-bond acceptors (Lipinski definition) is 7. The first kappa shape index (κ1) is 32.1. The van der Waals surface area contributed by atoms with Gasteiger partial charge in [-0.25, -0.2) is 24.9 Å². The van der Waals surface area contributed by atoms with E-state index in [4.69, 9.17) is 29.3 Å². The molecule has 0 spiro atoms. The lowest BCUT2D eigenvalue weighted by molar-refractivity contribution is 0.667. The molecule has 0 bridgehead atoms. The first-order valence-corrected chi connectivity index (χ1v) is 19.2. The van der Waals surface area contributed by atoms with Crippen LogP contribution in [0.25, 0.3) is 110 Å². The Kier molecular flexibility index (Phi) is 7.57. The second-order valence-corrected chi connectivity index (χ2v) is 14.7. The van der Waals surface area contributed by atoms with Crippen molar-refractivity contribution >= 4 is 53.6 Å². The lowest BCUT2D eigenvalue weighted by atomic mass is 10.00. The Hall–Kier alpha value is -7.35. The van der Waals surface area contributed by atoms with Crippen LogP contribution in [0.3, 0.4) is 0 Å². The monoisotopic (exact) mass is 735 g/mol. The van der Waals surface area contributed by atoms with E-state index in [0.29, 0.717) is 28.9 Å². The van der Waals surface area contributed by atoms with Gasteiger partial charge in [-0.2, -0.15) is 0 Å². The second-order valence-electron chi connectivity index (χ2n) is 13.7. The van der Waals surface area contributed by atoms with Crippen LogP contribution < -0.4 is 0 Å². The summed E-state index contributed by atoms with van der Waals surface area (Å²) in [5, 5.41) is 3.32. The van der Waals surface area contributed by atoms with Gasteiger partial charge in [0, 0.05) is 53.4 Å². The first-order valence-electron chi connectivity index (χ1n) is 18.4. The highest BCUT2D eigenvalue weighted by Crippen LogP contribution is 2.42. The molecule has 0 aliphatic rings. The van der Waals surface area contributed by atoms with Crippen molar-refractivity contribution in [3.63, 3.8) is 0 Å². The van der Waals surface area contributed by atoms with E-state index in [-0.39, 0.29) is 0 Å². The van der Waals surface area contributed by atoms with E-state index in [1.165, 1.54) is 14.8 Å². The van der Waals surface area contributed by atoms with Crippen LogP contribution in [0.15, 0.2) is 180 Å². The van der Waals surface area contributed by atoms with E-state index in [9.17, 15) is 0 Å². The van der Waals surface area contributed by atoms with Crippen molar-refractivity contribution < 1.29 is 4.42 Å². The van der Waals surface area contributed by atoms with Crippen molar-refractivity contribution in [3.8, 4) is 67.9 Å². The molecule has 4 heterocycles. The van der Waals surface area contributed by atoms with Crippen molar-refractivity contribution in [2.24, 2.45) is 0 Å². The number of furan rings is 1. The van der Waals surface area contributed by atoms with Gasteiger partial charge in [-0.1, -0.05) is 140 Å². The molecule has 56 heavy (non-hydrogen) atoms. The Bertz CT molecular complexity index is 3190. The summed E-state index contributed by atoms with van der Waals surface area (Å²) in [6.45, 7) is 0. The van der Waals surface area contributed by atoms with Gasteiger partial charge >= 0.3 is 0 Å². The third kappa shape index (κ3) is 5.52. The molecule has 0 saturated heterocycles. The van der Waals surface area contributed by atoms with Crippen molar-refractivity contribution in [3.05, 3.63) is 176 Å². The zero-order chi connectivity index (χ0) is 37.0. The molecule has 7 heteroatoms. The van der Waals surface area contributed by atoms with Gasteiger partial charge in [0.1, 0.15) is 16.8 Å². The molecule has 7 aromatic carbocycles.